The van der Waals surface area contributed by atoms with E-state index in [9.17, 15) is 4.79 Å². The number of carbonyl (C=O) groups is 1. The van der Waals surface area contributed by atoms with Crippen LogP contribution in [-0.2, 0) is 0 Å². The lowest BCUT2D eigenvalue weighted by molar-refractivity contribution is 0.0774. The normalized spacial score (nSPS) is 15.0. The second kappa shape index (κ2) is 8.62. The third kappa shape index (κ3) is 5.03. The first-order chi connectivity index (χ1) is 12.2. The number of nitrogens with one attached hydrogen (secondary N) is 1. The zero-order chi connectivity index (χ0) is 17.5. The molecule has 130 valence electrons. The third-order valence-electron chi connectivity index (χ3n) is 3.94. The van der Waals surface area contributed by atoms with Crippen molar-refractivity contribution in [2.45, 2.75) is 0 Å². The first-order valence-electron chi connectivity index (χ1n) is 8.28. The second-order valence-electron chi connectivity index (χ2n) is 5.85. The van der Waals surface area contributed by atoms with Gasteiger partial charge in [-0.15, -0.1) is 11.8 Å². The van der Waals surface area contributed by atoms with Crippen LogP contribution in [0.25, 0.3) is 6.08 Å². The molecule has 1 amide bonds. The van der Waals surface area contributed by atoms with Gasteiger partial charge in [0.25, 0.3) is 5.91 Å². The minimum atomic E-state index is 0.00751. The molecule has 0 unspecified atom stereocenters. The molecule has 1 N–H and O–H groups in total. The highest BCUT2D eigenvalue weighted by Crippen LogP contribution is 2.18. The van der Waals surface area contributed by atoms with Crippen LogP contribution in [0.15, 0.2) is 60.3 Å². The van der Waals surface area contributed by atoms with Crippen molar-refractivity contribution in [2.24, 2.45) is 0 Å². The predicted octanol–water partition coefficient (Wildman–Crippen LogP) is 3.47. The molecule has 5 heteroatoms. The van der Waals surface area contributed by atoms with E-state index in [0.717, 1.165) is 22.9 Å². The number of nitrogens with zero attached hydrogens (tertiary/aromatic N) is 1. The number of benzene rings is 2. The number of hydrogen-bond acceptors (Lipinski definition) is 4. The van der Waals surface area contributed by atoms with Crippen molar-refractivity contribution < 1.29 is 9.53 Å². The number of amides is 1. The van der Waals surface area contributed by atoms with E-state index >= 15 is 0 Å². The van der Waals surface area contributed by atoms with Gasteiger partial charge >= 0.3 is 0 Å². The molecule has 4 nitrogen and oxygen atoms in total. The van der Waals surface area contributed by atoms with Crippen LogP contribution in [-0.4, -0.2) is 42.6 Å². The van der Waals surface area contributed by atoms with Crippen molar-refractivity contribution in [1.82, 2.24) is 10.2 Å². The van der Waals surface area contributed by atoms with Crippen LogP contribution in [0.4, 0.5) is 0 Å². The summed E-state index contributed by atoms with van der Waals surface area (Å²) in [5, 5.41) is 3.35. The number of carbonyl (C=O) groups excluding carboxylic acids is 1. The van der Waals surface area contributed by atoms with Crippen LogP contribution in [0.3, 0.4) is 0 Å². The standard InChI is InChI=1S/C20H22N2O2S/c1-22(20(23)17-5-3-2-4-6-17)11-12-24-19-9-7-16(8-10-19)13-18-14-25-15-21-18/h2-10,13,21H,11-12,14-15H2,1H3/b18-13-. The Morgan fingerprint density at radius 1 is 1.20 bits per heavy atom. The fraction of sp³-hybridized carbons (Fsp3) is 0.250. The number of likely N-dealkylation sites (N-methyl/N-ethyl adjacent to an activating group) is 1. The molecule has 1 fully saturated rings. The first kappa shape index (κ1) is 17.4. The summed E-state index contributed by atoms with van der Waals surface area (Å²) in [6.45, 7) is 1.01. The Bertz CT molecular complexity index is 721. The number of hydrogen-bond donors (Lipinski definition) is 1. The Labute approximate surface area is 152 Å². The van der Waals surface area contributed by atoms with Gasteiger partial charge in [-0.1, -0.05) is 30.3 Å². The number of rotatable bonds is 6. The molecule has 0 atom stereocenters. The number of thioether (sulfide) groups is 1. The van der Waals surface area contributed by atoms with Gasteiger partial charge in [-0.25, -0.2) is 0 Å². The summed E-state index contributed by atoms with van der Waals surface area (Å²) in [4.78, 5) is 13.9. The predicted molar refractivity (Wildman–Crippen MR) is 104 cm³/mol. The minimum Gasteiger partial charge on any atom is -0.492 e. The molecule has 0 saturated carbocycles. The SMILES string of the molecule is CN(CCOc1ccc(/C=C2/CSCN2)cc1)C(=O)c1ccccc1. The van der Waals surface area contributed by atoms with Gasteiger partial charge in [-0.3, -0.25) is 4.79 Å². The van der Waals surface area contributed by atoms with Crippen LogP contribution < -0.4 is 10.1 Å². The summed E-state index contributed by atoms with van der Waals surface area (Å²) in [6.07, 6.45) is 2.16. The lowest BCUT2D eigenvalue weighted by atomic mass is 10.2. The van der Waals surface area contributed by atoms with Crippen molar-refractivity contribution in [2.75, 3.05) is 31.8 Å². The van der Waals surface area contributed by atoms with Crippen molar-refractivity contribution in [3.8, 4) is 5.75 Å². The molecule has 2 aromatic rings. The summed E-state index contributed by atoms with van der Waals surface area (Å²) in [5.74, 6) is 2.85. The average Bonchev–Trinajstić information content (AvgIpc) is 3.16. The fourth-order valence-electron chi connectivity index (χ4n) is 2.51. The largest absolute Gasteiger partial charge is 0.492 e. The molecule has 1 aliphatic heterocycles. The van der Waals surface area contributed by atoms with Crippen molar-refractivity contribution >= 4 is 23.7 Å². The molecule has 1 saturated heterocycles. The van der Waals surface area contributed by atoms with Gasteiger partial charge < -0.3 is 15.0 Å². The monoisotopic (exact) mass is 354 g/mol. The van der Waals surface area contributed by atoms with Gasteiger partial charge in [-0.05, 0) is 35.9 Å². The highest BCUT2D eigenvalue weighted by Gasteiger charge is 2.10. The summed E-state index contributed by atoms with van der Waals surface area (Å²) in [7, 11) is 1.79. The molecule has 0 spiro atoms. The maximum absolute atomic E-state index is 12.3. The molecule has 0 bridgehead atoms. The zero-order valence-corrected chi connectivity index (χ0v) is 15.1. The van der Waals surface area contributed by atoms with Crippen LogP contribution in [0.1, 0.15) is 15.9 Å². The lowest BCUT2D eigenvalue weighted by Crippen LogP contribution is -2.30. The van der Waals surface area contributed by atoms with Gasteiger partial charge in [0, 0.05) is 24.1 Å². The van der Waals surface area contributed by atoms with E-state index in [0.29, 0.717) is 18.7 Å². The van der Waals surface area contributed by atoms with Crippen molar-refractivity contribution in [1.29, 1.82) is 0 Å². The molecule has 1 aliphatic rings. The van der Waals surface area contributed by atoms with Gasteiger partial charge in [0.15, 0.2) is 0 Å². The van der Waals surface area contributed by atoms with E-state index in [-0.39, 0.29) is 5.91 Å². The van der Waals surface area contributed by atoms with Gasteiger partial charge in [0.05, 0.1) is 12.4 Å². The lowest BCUT2D eigenvalue weighted by Gasteiger charge is -2.17. The highest BCUT2D eigenvalue weighted by atomic mass is 32.2. The molecule has 0 aliphatic carbocycles. The van der Waals surface area contributed by atoms with E-state index in [1.807, 2.05) is 66.4 Å². The van der Waals surface area contributed by atoms with E-state index in [1.54, 1.807) is 11.9 Å². The first-order valence-corrected chi connectivity index (χ1v) is 9.43. The summed E-state index contributed by atoms with van der Waals surface area (Å²) in [5.41, 5.74) is 3.12. The maximum atomic E-state index is 12.3. The topological polar surface area (TPSA) is 41.6 Å². The van der Waals surface area contributed by atoms with E-state index in [4.69, 9.17) is 4.74 Å². The van der Waals surface area contributed by atoms with E-state index in [2.05, 4.69) is 11.4 Å². The Kier molecular flexibility index (Phi) is 6.01. The Balaban J connectivity index is 1.47. The average molecular weight is 354 g/mol. The van der Waals surface area contributed by atoms with Crippen LogP contribution in [0.2, 0.25) is 0 Å². The highest BCUT2D eigenvalue weighted by molar-refractivity contribution is 7.99. The van der Waals surface area contributed by atoms with E-state index < -0.39 is 0 Å². The van der Waals surface area contributed by atoms with Gasteiger partial charge in [0.2, 0.25) is 0 Å². The van der Waals surface area contributed by atoms with Crippen LogP contribution in [0.5, 0.6) is 5.75 Å². The summed E-state index contributed by atoms with van der Waals surface area (Å²) in [6, 6.07) is 17.3. The molecule has 25 heavy (non-hydrogen) atoms. The third-order valence-corrected chi connectivity index (χ3v) is 4.81. The Morgan fingerprint density at radius 2 is 1.96 bits per heavy atom. The molecule has 3 rings (SSSR count). The second-order valence-corrected chi connectivity index (χ2v) is 6.83. The molecule has 2 aromatic carbocycles. The van der Waals surface area contributed by atoms with E-state index in [1.165, 1.54) is 5.70 Å². The summed E-state index contributed by atoms with van der Waals surface area (Å²) < 4.78 is 5.75. The minimum absolute atomic E-state index is 0.00751. The van der Waals surface area contributed by atoms with Crippen LogP contribution in [0, 0.1) is 0 Å². The summed E-state index contributed by atoms with van der Waals surface area (Å²) >= 11 is 1.88. The van der Waals surface area contributed by atoms with Crippen molar-refractivity contribution in [3.05, 3.63) is 71.4 Å². The molecular weight excluding hydrogens is 332 g/mol. The quantitative estimate of drug-likeness (QED) is 0.862. The number of ether oxygens (including phenoxy) is 1. The van der Waals surface area contributed by atoms with Gasteiger partial charge in [0.1, 0.15) is 12.4 Å². The Morgan fingerprint density at radius 3 is 2.64 bits per heavy atom. The van der Waals surface area contributed by atoms with Crippen LogP contribution >= 0.6 is 11.8 Å². The molecular formula is C20H22N2O2S. The maximum Gasteiger partial charge on any atom is 0.253 e. The molecule has 0 aromatic heterocycles. The molecule has 1 heterocycles. The van der Waals surface area contributed by atoms with Crippen molar-refractivity contribution in [3.63, 3.8) is 0 Å². The Hall–Kier alpha value is -2.40. The molecule has 0 radical (unpaired) electrons. The van der Waals surface area contributed by atoms with Gasteiger partial charge in [-0.2, -0.15) is 0 Å². The zero-order valence-electron chi connectivity index (χ0n) is 14.3. The fourth-order valence-corrected chi connectivity index (χ4v) is 3.31. The smallest absolute Gasteiger partial charge is 0.253 e.